The number of carbonyl (C=O) groups excluding carboxylic acids is 4. The summed E-state index contributed by atoms with van der Waals surface area (Å²) in [6, 6.07) is 0. The van der Waals surface area contributed by atoms with Crippen molar-refractivity contribution >= 4 is 23.9 Å². The smallest absolute Gasteiger partial charge is 0.333 e. The van der Waals surface area contributed by atoms with Gasteiger partial charge in [0.2, 0.25) is 0 Å². The van der Waals surface area contributed by atoms with Gasteiger partial charge in [-0.3, -0.25) is 9.59 Å². The Morgan fingerprint density at radius 2 is 1.20 bits per heavy atom. The second-order valence-corrected chi connectivity index (χ2v) is 19.8. The van der Waals surface area contributed by atoms with Crippen molar-refractivity contribution in [1.29, 1.82) is 0 Å². The first-order valence-corrected chi connectivity index (χ1v) is 21.8. The van der Waals surface area contributed by atoms with E-state index in [4.69, 9.17) is 18.9 Å². The lowest BCUT2D eigenvalue weighted by Gasteiger charge is -2.31. The normalized spacial score (nSPS) is 35.9. The molecule has 0 aromatic carbocycles. The van der Waals surface area contributed by atoms with Crippen LogP contribution in [-0.2, 0) is 38.1 Å². The highest BCUT2D eigenvalue weighted by Gasteiger charge is 2.57. The fourth-order valence-electron chi connectivity index (χ4n) is 13.2. The van der Waals surface area contributed by atoms with E-state index in [1.165, 1.54) is 18.9 Å². The van der Waals surface area contributed by atoms with Gasteiger partial charge in [-0.25, -0.2) is 9.59 Å². The van der Waals surface area contributed by atoms with Gasteiger partial charge in [0.25, 0.3) is 0 Å². The minimum atomic E-state index is -0.654. The van der Waals surface area contributed by atoms with E-state index >= 15 is 0 Å². The van der Waals surface area contributed by atoms with E-state index in [1.807, 2.05) is 6.92 Å². The van der Waals surface area contributed by atoms with E-state index in [1.54, 1.807) is 6.92 Å². The summed E-state index contributed by atoms with van der Waals surface area (Å²) in [5, 5.41) is 0. The first-order chi connectivity index (χ1) is 26.2. The molecule has 0 aromatic rings. The molecule has 0 heterocycles. The lowest BCUT2D eigenvalue weighted by molar-refractivity contribution is -0.155. The largest absolute Gasteiger partial charge is 0.465 e. The van der Waals surface area contributed by atoms with E-state index in [9.17, 15) is 19.2 Å². The molecule has 6 fully saturated rings. The lowest BCUT2D eigenvalue weighted by Crippen LogP contribution is -2.30. The molecular weight excluding hydrogens is 693 g/mol. The third-order valence-corrected chi connectivity index (χ3v) is 15.1. The summed E-state index contributed by atoms with van der Waals surface area (Å²) in [5.74, 6) is 6.02. The number of fused-ring (bicyclic) bond motifs is 10. The number of ether oxygens (including phenoxy) is 4. The lowest BCUT2D eigenvalue weighted by atomic mass is 9.76. The zero-order valence-corrected chi connectivity index (χ0v) is 34.7. The molecule has 0 N–H and O–H groups in total. The Hall–Kier alpha value is -2.90. The average Bonchev–Trinajstić information content (AvgIpc) is 3.97. The zero-order valence-electron chi connectivity index (χ0n) is 34.7. The summed E-state index contributed by atoms with van der Waals surface area (Å²) >= 11 is 0. The van der Waals surface area contributed by atoms with Crippen LogP contribution in [-0.4, -0.2) is 50.3 Å². The van der Waals surface area contributed by atoms with E-state index in [0.29, 0.717) is 115 Å². The van der Waals surface area contributed by atoms with Gasteiger partial charge in [-0.1, -0.05) is 52.5 Å². The Morgan fingerprint density at radius 1 is 0.655 bits per heavy atom. The first kappa shape index (κ1) is 41.7. The van der Waals surface area contributed by atoms with Crippen LogP contribution in [0.15, 0.2) is 36.5 Å². The SMILES string of the molecule is C=CC(=O)OCC1CC2C3CC(CC3COC(=O)C(CC(=O)OCC3CC4C5CC(CC5COC(=O)C(=C)C)[C@H]4C3)/C(C)=C/C(C)CC(C)CC(C)C)[C@H]2C1. The van der Waals surface area contributed by atoms with Gasteiger partial charge < -0.3 is 18.9 Å². The molecular formula is C47H70O8. The molecule has 8 nitrogen and oxygen atoms in total. The van der Waals surface area contributed by atoms with Gasteiger partial charge >= 0.3 is 23.9 Å². The van der Waals surface area contributed by atoms with Crippen LogP contribution in [0.2, 0.25) is 0 Å². The highest BCUT2D eigenvalue weighted by molar-refractivity contribution is 5.87. The molecule has 306 valence electrons. The number of hydrogen-bond donors (Lipinski definition) is 0. The molecule has 0 spiro atoms. The third-order valence-electron chi connectivity index (χ3n) is 15.1. The Labute approximate surface area is 331 Å². The summed E-state index contributed by atoms with van der Waals surface area (Å²) < 4.78 is 23.1. The van der Waals surface area contributed by atoms with Crippen LogP contribution < -0.4 is 0 Å². The molecule has 6 saturated carbocycles. The number of allylic oxidation sites excluding steroid dienone is 1. The predicted octanol–water partition coefficient (Wildman–Crippen LogP) is 9.18. The van der Waals surface area contributed by atoms with E-state index in [0.717, 1.165) is 56.9 Å². The van der Waals surface area contributed by atoms with Crippen molar-refractivity contribution in [2.45, 2.75) is 112 Å². The maximum atomic E-state index is 14.0. The van der Waals surface area contributed by atoms with Gasteiger partial charge in [0.1, 0.15) is 0 Å². The monoisotopic (exact) mass is 763 g/mol. The Kier molecular flexibility index (Phi) is 13.8. The van der Waals surface area contributed by atoms with E-state index in [-0.39, 0.29) is 36.2 Å². The molecule has 0 aliphatic heterocycles. The van der Waals surface area contributed by atoms with Gasteiger partial charge in [-0.05, 0) is 167 Å². The number of hydrogen-bond acceptors (Lipinski definition) is 8. The number of esters is 4. The molecule has 6 rings (SSSR count). The Morgan fingerprint density at radius 3 is 1.75 bits per heavy atom. The molecule has 6 aliphatic rings. The van der Waals surface area contributed by atoms with Crippen LogP contribution in [0.25, 0.3) is 0 Å². The van der Waals surface area contributed by atoms with Crippen LogP contribution in [0.4, 0.5) is 0 Å². The van der Waals surface area contributed by atoms with Crippen molar-refractivity contribution in [3.05, 3.63) is 36.5 Å². The molecule has 4 bridgehead atoms. The fraction of sp³-hybridized carbons (Fsp3) is 0.787. The number of carbonyl (C=O) groups is 4. The average molecular weight is 763 g/mol. The quantitative estimate of drug-likeness (QED) is 0.0556. The van der Waals surface area contributed by atoms with Crippen molar-refractivity contribution < 1.29 is 38.1 Å². The van der Waals surface area contributed by atoms with Crippen LogP contribution in [0.1, 0.15) is 112 Å². The molecule has 0 saturated heterocycles. The number of rotatable bonds is 19. The van der Waals surface area contributed by atoms with Gasteiger partial charge in [0.15, 0.2) is 0 Å². The van der Waals surface area contributed by atoms with Crippen molar-refractivity contribution in [2.24, 2.45) is 94.7 Å². The third kappa shape index (κ3) is 9.98. The minimum Gasteiger partial charge on any atom is -0.465 e. The maximum absolute atomic E-state index is 14.0. The topological polar surface area (TPSA) is 105 Å². The summed E-state index contributed by atoms with van der Waals surface area (Å²) in [4.78, 5) is 51.2. The minimum absolute atomic E-state index is 0.00293. The van der Waals surface area contributed by atoms with Gasteiger partial charge in [0.05, 0.1) is 38.8 Å². The zero-order chi connectivity index (χ0) is 39.6. The molecule has 15 atom stereocenters. The van der Waals surface area contributed by atoms with Gasteiger partial charge in [-0.2, -0.15) is 0 Å². The summed E-state index contributed by atoms with van der Waals surface area (Å²) in [7, 11) is 0. The van der Waals surface area contributed by atoms with Crippen molar-refractivity contribution in [3.8, 4) is 0 Å². The molecule has 0 radical (unpaired) electrons. The van der Waals surface area contributed by atoms with Crippen LogP contribution in [0, 0.1) is 94.7 Å². The molecule has 8 heteroatoms. The second kappa shape index (κ2) is 18.1. The fourth-order valence-corrected chi connectivity index (χ4v) is 13.2. The second-order valence-electron chi connectivity index (χ2n) is 19.8. The molecule has 0 amide bonds. The molecule has 0 aromatic heterocycles. The molecule has 55 heavy (non-hydrogen) atoms. The predicted molar refractivity (Wildman–Crippen MR) is 212 cm³/mol. The summed E-state index contributed by atoms with van der Waals surface area (Å²) in [6.45, 7) is 21.7. The summed E-state index contributed by atoms with van der Waals surface area (Å²) in [5.41, 5.74) is 1.34. The van der Waals surface area contributed by atoms with Crippen molar-refractivity contribution in [1.82, 2.24) is 0 Å². The Balaban J connectivity index is 1.02. The molecule has 13 unspecified atom stereocenters. The van der Waals surface area contributed by atoms with Gasteiger partial charge in [0, 0.05) is 11.6 Å². The van der Waals surface area contributed by atoms with Crippen LogP contribution >= 0.6 is 0 Å². The molecule has 6 aliphatic carbocycles. The standard InChI is InChI=1S/C47H70O8/c1-9-44(48)52-22-31-13-38-34-18-36(41(20-34)42(38)15-31)25-55-47(51)37(30(8)12-29(7)11-28(6)10-26(2)3)21-45(49)53-23-32-14-39-33-17-35(24-54-46(50)27(4)5)40(19-33)43(39)16-32/h9,12,26,28-29,31-43H,1,4,10-11,13-25H2,2-3,5-8H3/b30-12+/t28?,29?,31?,32?,33?,34?,35?,36?,37?,38-,39-,40?,41?,42?,43?/m1/s1. The van der Waals surface area contributed by atoms with E-state index in [2.05, 4.69) is 46.9 Å². The van der Waals surface area contributed by atoms with Crippen molar-refractivity contribution in [2.75, 3.05) is 26.4 Å². The van der Waals surface area contributed by atoms with E-state index < -0.39 is 5.92 Å². The van der Waals surface area contributed by atoms with Crippen LogP contribution in [0.3, 0.4) is 0 Å². The Bertz CT molecular complexity index is 1460. The van der Waals surface area contributed by atoms with Crippen LogP contribution in [0.5, 0.6) is 0 Å². The maximum Gasteiger partial charge on any atom is 0.333 e. The van der Waals surface area contributed by atoms with Crippen molar-refractivity contribution in [3.63, 3.8) is 0 Å². The van der Waals surface area contributed by atoms with Gasteiger partial charge in [-0.15, -0.1) is 0 Å². The first-order valence-electron chi connectivity index (χ1n) is 21.8. The highest BCUT2D eigenvalue weighted by Crippen LogP contribution is 2.63. The highest BCUT2D eigenvalue weighted by atomic mass is 16.5. The summed E-state index contributed by atoms with van der Waals surface area (Å²) in [6.07, 6.45) is 14.5.